The number of fused-ring (bicyclic) bond motifs is 1. The molecule has 0 amide bonds. The number of carboxylic acids is 1. The first kappa shape index (κ1) is 13.7. The first-order valence-corrected chi connectivity index (χ1v) is 7.04. The first-order chi connectivity index (χ1) is 10.1. The zero-order valence-corrected chi connectivity index (χ0v) is 12.2. The lowest BCUT2D eigenvalue weighted by Crippen LogP contribution is -2.05. The van der Waals surface area contributed by atoms with Gasteiger partial charge in [-0.05, 0) is 30.7 Å². The molecule has 0 bridgehead atoms. The molecule has 4 heteroatoms. The molecule has 0 aliphatic rings. The Kier molecular flexibility index (Phi) is 3.43. The van der Waals surface area contributed by atoms with E-state index < -0.39 is 5.97 Å². The van der Waals surface area contributed by atoms with Crippen LogP contribution in [0.5, 0.6) is 0 Å². The van der Waals surface area contributed by atoms with Gasteiger partial charge in [0.1, 0.15) is 0 Å². The molecule has 1 unspecified atom stereocenters. The average Bonchev–Trinajstić information content (AvgIpc) is 2.87. The minimum atomic E-state index is -0.909. The summed E-state index contributed by atoms with van der Waals surface area (Å²) in [6.07, 6.45) is 1.70. The molecule has 1 N–H and O–H groups in total. The molecule has 3 nitrogen and oxygen atoms in total. The second kappa shape index (κ2) is 5.26. The molecule has 21 heavy (non-hydrogen) atoms. The summed E-state index contributed by atoms with van der Waals surface area (Å²) >= 11 is 5.92. The summed E-state index contributed by atoms with van der Waals surface area (Å²) in [4.78, 5) is 11.4. The molecule has 1 atom stereocenters. The van der Waals surface area contributed by atoms with Gasteiger partial charge in [-0.2, -0.15) is 0 Å². The monoisotopic (exact) mass is 299 g/mol. The summed E-state index contributed by atoms with van der Waals surface area (Å²) in [5.41, 5.74) is 2.32. The molecule has 0 saturated heterocycles. The molecular formula is C17H14ClNO2. The third-order valence-corrected chi connectivity index (χ3v) is 3.99. The summed E-state index contributed by atoms with van der Waals surface area (Å²) in [6, 6.07) is 15.2. The van der Waals surface area contributed by atoms with Crippen molar-refractivity contribution >= 4 is 28.5 Å². The molecule has 1 heterocycles. The Morgan fingerprint density at radius 3 is 2.48 bits per heavy atom. The lowest BCUT2D eigenvalue weighted by molar-refractivity contribution is 0.0699. The Bertz CT molecular complexity index is 805. The summed E-state index contributed by atoms with van der Waals surface area (Å²) in [6.45, 7) is 2.04. The zero-order chi connectivity index (χ0) is 15.0. The van der Waals surface area contributed by atoms with Crippen LogP contribution < -0.4 is 0 Å². The smallest absolute Gasteiger partial charge is 0.337 e. The van der Waals surface area contributed by atoms with Crippen LogP contribution in [0.3, 0.4) is 0 Å². The van der Waals surface area contributed by atoms with Crippen molar-refractivity contribution in [1.29, 1.82) is 0 Å². The highest BCUT2D eigenvalue weighted by molar-refractivity contribution is 6.30. The third kappa shape index (κ3) is 2.41. The van der Waals surface area contributed by atoms with Gasteiger partial charge in [0.05, 0.1) is 11.6 Å². The number of carboxylic acid groups (broad SMARTS) is 1. The SMILES string of the molecule is CC(c1ccc(Cl)cc1)n1cc(C(=O)O)c2ccccc21. The van der Waals surface area contributed by atoms with E-state index in [1.54, 1.807) is 6.20 Å². The number of carbonyl (C=O) groups is 1. The van der Waals surface area contributed by atoms with E-state index in [0.29, 0.717) is 10.6 Å². The largest absolute Gasteiger partial charge is 0.478 e. The molecule has 0 aliphatic heterocycles. The third-order valence-electron chi connectivity index (χ3n) is 3.74. The Labute approximate surface area is 127 Å². The number of aromatic nitrogens is 1. The van der Waals surface area contributed by atoms with E-state index in [-0.39, 0.29) is 6.04 Å². The van der Waals surface area contributed by atoms with Crippen molar-refractivity contribution in [3.63, 3.8) is 0 Å². The standard InChI is InChI=1S/C17H14ClNO2/c1-11(12-6-8-13(18)9-7-12)19-10-15(17(20)21)14-4-2-3-5-16(14)19/h2-11H,1H3,(H,20,21). The summed E-state index contributed by atoms with van der Waals surface area (Å²) in [5.74, 6) is -0.909. The molecule has 3 aromatic rings. The Balaban J connectivity index is 2.16. The van der Waals surface area contributed by atoms with Crippen molar-refractivity contribution in [2.45, 2.75) is 13.0 Å². The van der Waals surface area contributed by atoms with E-state index in [1.165, 1.54) is 0 Å². The number of benzene rings is 2. The van der Waals surface area contributed by atoms with Crippen LogP contribution in [0.2, 0.25) is 5.02 Å². The van der Waals surface area contributed by atoms with Gasteiger partial charge < -0.3 is 9.67 Å². The van der Waals surface area contributed by atoms with Crippen molar-refractivity contribution in [2.75, 3.05) is 0 Å². The normalized spacial score (nSPS) is 12.5. The van der Waals surface area contributed by atoms with Gasteiger partial charge in [0.25, 0.3) is 0 Å². The number of aromatic carboxylic acids is 1. The lowest BCUT2D eigenvalue weighted by Gasteiger charge is -2.15. The molecule has 3 rings (SSSR count). The van der Waals surface area contributed by atoms with Crippen LogP contribution in [0, 0.1) is 0 Å². The number of nitrogens with zero attached hydrogens (tertiary/aromatic N) is 1. The maximum atomic E-state index is 11.4. The minimum Gasteiger partial charge on any atom is -0.478 e. The lowest BCUT2D eigenvalue weighted by atomic mass is 10.1. The van der Waals surface area contributed by atoms with Crippen LogP contribution in [0.4, 0.5) is 0 Å². The molecule has 0 spiro atoms. The van der Waals surface area contributed by atoms with Crippen LogP contribution in [0.25, 0.3) is 10.9 Å². The van der Waals surface area contributed by atoms with Crippen LogP contribution in [-0.2, 0) is 0 Å². The number of halogens is 1. The van der Waals surface area contributed by atoms with Crippen molar-refractivity contribution in [2.24, 2.45) is 0 Å². The molecule has 0 saturated carbocycles. The van der Waals surface area contributed by atoms with Crippen molar-refractivity contribution in [3.8, 4) is 0 Å². The van der Waals surface area contributed by atoms with Crippen molar-refractivity contribution in [3.05, 3.63) is 70.9 Å². The fourth-order valence-corrected chi connectivity index (χ4v) is 2.72. The van der Waals surface area contributed by atoms with Crippen LogP contribution >= 0.6 is 11.6 Å². The molecule has 0 radical (unpaired) electrons. The van der Waals surface area contributed by atoms with Gasteiger partial charge in [-0.15, -0.1) is 0 Å². The van der Waals surface area contributed by atoms with Crippen molar-refractivity contribution < 1.29 is 9.90 Å². The number of hydrogen-bond acceptors (Lipinski definition) is 1. The average molecular weight is 300 g/mol. The Morgan fingerprint density at radius 1 is 1.14 bits per heavy atom. The molecular weight excluding hydrogens is 286 g/mol. The predicted octanol–water partition coefficient (Wildman–Crippen LogP) is 4.60. The second-order valence-electron chi connectivity index (χ2n) is 5.00. The highest BCUT2D eigenvalue weighted by Crippen LogP contribution is 2.28. The van der Waals surface area contributed by atoms with Crippen LogP contribution in [0.15, 0.2) is 54.7 Å². The second-order valence-corrected chi connectivity index (χ2v) is 5.44. The minimum absolute atomic E-state index is 0.0280. The number of para-hydroxylation sites is 1. The molecule has 0 aliphatic carbocycles. The molecule has 2 aromatic carbocycles. The Morgan fingerprint density at radius 2 is 1.81 bits per heavy atom. The van der Waals surface area contributed by atoms with E-state index >= 15 is 0 Å². The fourth-order valence-electron chi connectivity index (χ4n) is 2.60. The van der Waals surface area contributed by atoms with Gasteiger partial charge >= 0.3 is 5.97 Å². The first-order valence-electron chi connectivity index (χ1n) is 6.66. The summed E-state index contributed by atoms with van der Waals surface area (Å²) in [5, 5.41) is 10.8. The van der Waals surface area contributed by atoms with Crippen molar-refractivity contribution in [1.82, 2.24) is 4.57 Å². The van der Waals surface area contributed by atoms with Gasteiger partial charge in [0, 0.05) is 22.1 Å². The zero-order valence-electron chi connectivity index (χ0n) is 11.5. The van der Waals surface area contributed by atoms with Crippen LogP contribution in [0.1, 0.15) is 28.9 Å². The maximum Gasteiger partial charge on any atom is 0.337 e. The topological polar surface area (TPSA) is 42.2 Å². The summed E-state index contributed by atoms with van der Waals surface area (Å²) < 4.78 is 1.99. The van der Waals surface area contributed by atoms with E-state index in [9.17, 15) is 9.90 Å². The number of hydrogen-bond donors (Lipinski definition) is 1. The molecule has 106 valence electrons. The fraction of sp³-hybridized carbons (Fsp3) is 0.118. The van der Waals surface area contributed by atoms with Gasteiger partial charge in [-0.1, -0.05) is 41.9 Å². The van der Waals surface area contributed by atoms with E-state index in [0.717, 1.165) is 16.5 Å². The predicted molar refractivity (Wildman–Crippen MR) is 84.2 cm³/mol. The van der Waals surface area contributed by atoms with E-state index in [1.807, 2.05) is 60.0 Å². The van der Waals surface area contributed by atoms with Gasteiger partial charge in [0.2, 0.25) is 0 Å². The van der Waals surface area contributed by atoms with E-state index in [4.69, 9.17) is 11.6 Å². The highest BCUT2D eigenvalue weighted by atomic mass is 35.5. The highest BCUT2D eigenvalue weighted by Gasteiger charge is 2.17. The maximum absolute atomic E-state index is 11.4. The quantitative estimate of drug-likeness (QED) is 0.768. The van der Waals surface area contributed by atoms with E-state index in [2.05, 4.69) is 0 Å². The number of rotatable bonds is 3. The molecule has 1 aromatic heterocycles. The Hall–Kier alpha value is -2.26. The van der Waals surface area contributed by atoms with Gasteiger partial charge in [-0.25, -0.2) is 4.79 Å². The van der Waals surface area contributed by atoms with Gasteiger partial charge in [0.15, 0.2) is 0 Å². The molecule has 0 fully saturated rings. The summed E-state index contributed by atoms with van der Waals surface area (Å²) in [7, 11) is 0. The van der Waals surface area contributed by atoms with Crippen LogP contribution in [-0.4, -0.2) is 15.6 Å². The van der Waals surface area contributed by atoms with Gasteiger partial charge in [-0.3, -0.25) is 0 Å².